The predicted molar refractivity (Wildman–Crippen MR) is 108 cm³/mol. The summed E-state index contributed by atoms with van der Waals surface area (Å²) < 4.78 is 96.2. The molecule has 3 aromatic carbocycles. The lowest BCUT2D eigenvalue weighted by Gasteiger charge is -2.07. The molecule has 0 bridgehead atoms. The van der Waals surface area contributed by atoms with Crippen LogP contribution in [0.1, 0.15) is 0 Å². The largest absolute Gasteiger partial charge is 0.398 e. The molecular formula is C16H13N3O9S3. The van der Waals surface area contributed by atoms with E-state index in [1.807, 2.05) is 0 Å². The highest BCUT2D eigenvalue weighted by atomic mass is 32.2. The van der Waals surface area contributed by atoms with Crippen LogP contribution in [0.25, 0.3) is 10.8 Å². The van der Waals surface area contributed by atoms with Crippen molar-refractivity contribution in [1.29, 1.82) is 0 Å². The molecule has 0 atom stereocenters. The maximum Gasteiger partial charge on any atom is 0.296 e. The monoisotopic (exact) mass is 487 g/mol. The summed E-state index contributed by atoms with van der Waals surface area (Å²) in [4.78, 5) is -1.87. The fourth-order valence-electron chi connectivity index (χ4n) is 2.64. The highest BCUT2D eigenvalue weighted by molar-refractivity contribution is 7.86. The van der Waals surface area contributed by atoms with Crippen molar-refractivity contribution in [2.45, 2.75) is 14.7 Å². The Morgan fingerprint density at radius 2 is 1.16 bits per heavy atom. The smallest absolute Gasteiger partial charge is 0.296 e. The summed E-state index contributed by atoms with van der Waals surface area (Å²) in [5.74, 6) is 0. The Labute approximate surface area is 176 Å². The molecule has 0 aliphatic heterocycles. The normalized spacial score (nSPS) is 13.1. The van der Waals surface area contributed by atoms with Gasteiger partial charge in [-0.2, -0.15) is 25.3 Å². The van der Waals surface area contributed by atoms with Crippen molar-refractivity contribution >= 4 is 58.2 Å². The average molecular weight is 487 g/mol. The highest BCUT2D eigenvalue weighted by Gasteiger charge is 2.20. The van der Waals surface area contributed by atoms with Gasteiger partial charge in [0.2, 0.25) is 0 Å². The number of fused-ring (bicyclic) bond motifs is 1. The number of hydrogen-bond donors (Lipinski definition) is 4. The lowest BCUT2D eigenvalue weighted by atomic mass is 10.1. The molecule has 0 saturated carbocycles. The van der Waals surface area contributed by atoms with E-state index >= 15 is 0 Å². The summed E-state index contributed by atoms with van der Waals surface area (Å²) in [6.45, 7) is 0. The minimum atomic E-state index is -4.82. The predicted octanol–water partition coefficient (Wildman–Crippen LogP) is 2.58. The molecule has 15 heteroatoms. The van der Waals surface area contributed by atoms with Crippen LogP contribution in [-0.2, 0) is 30.4 Å². The number of azo groups is 1. The van der Waals surface area contributed by atoms with Crippen molar-refractivity contribution in [2.75, 3.05) is 5.73 Å². The number of nitrogens with two attached hydrogens (primary N) is 1. The van der Waals surface area contributed by atoms with E-state index in [1.165, 1.54) is 18.2 Å². The van der Waals surface area contributed by atoms with Crippen LogP contribution in [-0.4, -0.2) is 38.9 Å². The second kappa shape index (κ2) is 7.63. The first-order valence-electron chi connectivity index (χ1n) is 7.98. The molecule has 0 fully saturated rings. The van der Waals surface area contributed by atoms with Crippen LogP contribution in [0.15, 0.2) is 73.4 Å². The van der Waals surface area contributed by atoms with Gasteiger partial charge in [-0.1, -0.05) is 6.07 Å². The molecule has 0 unspecified atom stereocenters. The maximum atomic E-state index is 11.6. The van der Waals surface area contributed by atoms with E-state index < -0.39 is 50.7 Å². The molecule has 164 valence electrons. The number of rotatable bonds is 5. The summed E-state index contributed by atoms with van der Waals surface area (Å²) in [6, 6.07) is 8.36. The van der Waals surface area contributed by atoms with Crippen LogP contribution in [0.4, 0.5) is 17.1 Å². The van der Waals surface area contributed by atoms with E-state index in [9.17, 15) is 34.4 Å². The van der Waals surface area contributed by atoms with Crippen molar-refractivity contribution < 1.29 is 38.9 Å². The second-order valence-electron chi connectivity index (χ2n) is 6.14. The molecule has 3 rings (SSSR count). The summed E-state index contributed by atoms with van der Waals surface area (Å²) in [6.07, 6.45) is 0. The third-order valence-electron chi connectivity index (χ3n) is 4.07. The Morgan fingerprint density at radius 3 is 1.74 bits per heavy atom. The van der Waals surface area contributed by atoms with Crippen LogP contribution in [0.5, 0.6) is 0 Å². The van der Waals surface area contributed by atoms with Gasteiger partial charge in [-0.15, -0.1) is 10.2 Å². The Kier molecular flexibility index (Phi) is 5.59. The third-order valence-corrected chi connectivity index (χ3v) is 6.67. The number of nitrogen functional groups attached to an aromatic ring is 1. The molecule has 0 radical (unpaired) electrons. The van der Waals surface area contributed by atoms with Gasteiger partial charge in [0.1, 0.15) is 10.6 Å². The second-order valence-corrected chi connectivity index (χ2v) is 10.4. The molecule has 3 aromatic rings. The summed E-state index contributed by atoms with van der Waals surface area (Å²) in [7, 11) is -14.0. The molecule has 0 aliphatic rings. The summed E-state index contributed by atoms with van der Waals surface area (Å²) in [5.41, 5.74) is 5.47. The van der Waals surface area contributed by atoms with Gasteiger partial charge < -0.3 is 5.73 Å². The SMILES string of the molecule is Nc1ccc(/N=N/c2cc(S(=O)(=O)O)ccc2S(=O)(=O)O)c2ccc(S(=O)(=O)O)cc12. The minimum Gasteiger partial charge on any atom is -0.398 e. The quantitative estimate of drug-likeness (QED) is 0.234. The van der Waals surface area contributed by atoms with Gasteiger partial charge in [-0.3, -0.25) is 13.7 Å². The van der Waals surface area contributed by atoms with Crippen molar-refractivity contribution in [3.8, 4) is 0 Å². The first-order valence-corrected chi connectivity index (χ1v) is 12.3. The number of hydrogen-bond acceptors (Lipinski definition) is 9. The number of nitrogens with zero attached hydrogens (tertiary/aromatic N) is 2. The van der Waals surface area contributed by atoms with E-state index in [1.54, 1.807) is 0 Å². The fourth-order valence-corrected chi connectivity index (χ4v) is 4.25. The van der Waals surface area contributed by atoms with E-state index in [-0.39, 0.29) is 22.1 Å². The Bertz CT molecular complexity index is 1560. The van der Waals surface area contributed by atoms with Crippen molar-refractivity contribution in [3.05, 3.63) is 48.5 Å². The van der Waals surface area contributed by atoms with Gasteiger partial charge in [0.05, 0.1) is 15.5 Å². The van der Waals surface area contributed by atoms with Gasteiger partial charge in [-0.25, -0.2) is 0 Å². The standard InChI is InChI=1S/C16H13N3O9S3/c17-13-4-5-14(11-3-1-9(7-12(11)13)29(20,21)22)18-19-15-8-10(30(23,24)25)2-6-16(15)31(26,27)28/h1-8H,17H2,(H,20,21,22)(H,23,24,25)(H,26,27,28)/b19-18+. The van der Waals surface area contributed by atoms with Gasteiger partial charge in [0.15, 0.2) is 0 Å². The fraction of sp³-hybridized carbons (Fsp3) is 0. The van der Waals surface area contributed by atoms with E-state index in [2.05, 4.69) is 10.2 Å². The zero-order valence-corrected chi connectivity index (χ0v) is 17.6. The van der Waals surface area contributed by atoms with E-state index in [0.29, 0.717) is 6.07 Å². The van der Waals surface area contributed by atoms with Crippen molar-refractivity contribution in [1.82, 2.24) is 0 Å². The highest BCUT2D eigenvalue weighted by Crippen LogP contribution is 2.34. The van der Waals surface area contributed by atoms with Crippen LogP contribution < -0.4 is 5.73 Å². The first kappa shape index (κ1) is 22.7. The van der Waals surface area contributed by atoms with Crippen LogP contribution in [0.3, 0.4) is 0 Å². The lowest BCUT2D eigenvalue weighted by molar-refractivity contribution is 0.478. The van der Waals surface area contributed by atoms with Crippen LogP contribution in [0, 0.1) is 0 Å². The third kappa shape index (κ3) is 4.87. The molecule has 0 spiro atoms. The zero-order valence-electron chi connectivity index (χ0n) is 15.1. The molecule has 0 saturated heterocycles. The Balaban J connectivity index is 2.21. The molecular weight excluding hydrogens is 474 g/mol. The maximum absolute atomic E-state index is 11.6. The minimum absolute atomic E-state index is 0.0737. The number of anilines is 1. The Hall–Kier alpha value is -2.95. The first-order chi connectivity index (χ1) is 14.2. The summed E-state index contributed by atoms with van der Waals surface area (Å²) in [5, 5.41) is 7.97. The topological polar surface area (TPSA) is 214 Å². The van der Waals surface area contributed by atoms with Gasteiger partial charge in [-0.05, 0) is 42.5 Å². The van der Waals surface area contributed by atoms with Crippen molar-refractivity contribution in [3.63, 3.8) is 0 Å². The van der Waals surface area contributed by atoms with Crippen molar-refractivity contribution in [2.24, 2.45) is 10.2 Å². The van der Waals surface area contributed by atoms with Gasteiger partial charge in [0, 0.05) is 16.5 Å². The number of benzene rings is 3. The molecule has 0 heterocycles. The van der Waals surface area contributed by atoms with Crippen LogP contribution in [0.2, 0.25) is 0 Å². The van der Waals surface area contributed by atoms with Gasteiger partial charge in [0.25, 0.3) is 30.4 Å². The molecule has 0 amide bonds. The van der Waals surface area contributed by atoms with E-state index in [0.717, 1.165) is 24.3 Å². The summed E-state index contributed by atoms with van der Waals surface area (Å²) >= 11 is 0. The molecule has 12 nitrogen and oxygen atoms in total. The Morgan fingerprint density at radius 1 is 0.613 bits per heavy atom. The van der Waals surface area contributed by atoms with Gasteiger partial charge >= 0.3 is 0 Å². The average Bonchev–Trinajstić information content (AvgIpc) is 2.65. The van der Waals surface area contributed by atoms with E-state index in [4.69, 9.17) is 10.3 Å². The molecule has 31 heavy (non-hydrogen) atoms. The molecule has 0 aromatic heterocycles. The molecule has 5 N–H and O–H groups in total. The lowest BCUT2D eigenvalue weighted by Crippen LogP contribution is -2.02. The van der Waals surface area contributed by atoms with Crippen LogP contribution >= 0.6 is 0 Å². The molecule has 0 aliphatic carbocycles. The zero-order chi connectivity index (χ0) is 23.2.